The number of benzene rings is 1. The molecule has 0 bridgehead atoms. The Labute approximate surface area is 111 Å². The Balaban J connectivity index is 2.42. The molecule has 4 nitrogen and oxygen atoms in total. The molecule has 1 aromatic rings. The number of hydrogen-bond acceptors (Lipinski definition) is 4. The molecule has 1 N–H and O–H groups in total. The maximum Gasteiger partial charge on any atom is 0.341 e. The molecule has 1 aromatic carbocycles. The average molecular weight is 290 g/mol. The quantitative estimate of drug-likeness (QED) is 0.916. The minimum atomic E-state index is -4.57. The van der Waals surface area contributed by atoms with Gasteiger partial charge in [-0.2, -0.15) is 8.78 Å². The van der Waals surface area contributed by atoms with E-state index in [4.69, 9.17) is 0 Å². The van der Waals surface area contributed by atoms with Crippen LogP contribution in [-0.4, -0.2) is 39.9 Å². The molecule has 1 aliphatic rings. The number of para-hydroxylation sites is 1. The summed E-state index contributed by atoms with van der Waals surface area (Å²) < 4.78 is 48.8. The van der Waals surface area contributed by atoms with Gasteiger partial charge in [-0.1, -0.05) is 12.1 Å². The van der Waals surface area contributed by atoms with Crippen molar-refractivity contribution in [3.05, 3.63) is 24.3 Å². The monoisotopic (exact) mass is 290 g/mol. The molecule has 0 amide bonds. The number of anilines is 1. The molecular weight excluding hydrogens is 274 g/mol. The van der Waals surface area contributed by atoms with Crippen molar-refractivity contribution in [1.29, 1.82) is 0 Å². The molecule has 0 unspecified atom stereocenters. The Hall–Kier alpha value is -1.21. The fraction of sp³-hybridized carbons (Fsp3) is 0.500. The average Bonchev–Trinajstić information content (AvgIpc) is 2.38. The smallest absolute Gasteiger partial charge is 0.341 e. The van der Waals surface area contributed by atoms with Gasteiger partial charge in [-0.15, -0.1) is 0 Å². The van der Waals surface area contributed by atoms with Crippen LogP contribution < -0.4 is 10.2 Å². The van der Waals surface area contributed by atoms with Gasteiger partial charge in [0.05, 0.1) is 10.6 Å². The van der Waals surface area contributed by atoms with Gasteiger partial charge in [0.15, 0.2) is 0 Å². The maximum atomic E-state index is 12.7. The van der Waals surface area contributed by atoms with Crippen molar-refractivity contribution in [2.75, 3.05) is 24.5 Å². The highest BCUT2D eigenvalue weighted by molar-refractivity contribution is 7.91. The number of alkyl halides is 2. The van der Waals surface area contributed by atoms with E-state index in [0.717, 1.165) is 0 Å². The second-order valence-corrected chi connectivity index (χ2v) is 6.46. The SMILES string of the molecule is C[C@H]1CN(c2ccccc2S(=O)(=O)C(F)F)CCN1. The number of nitrogens with zero attached hydrogens (tertiary/aromatic N) is 1. The van der Waals surface area contributed by atoms with Gasteiger partial charge in [0.25, 0.3) is 0 Å². The first-order chi connectivity index (χ1) is 8.93. The molecule has 0 spiro atoms. The van der Waals surface area contributed by atoms with Crippen LogP contribution in [0.25, 0.3) is 0 Å². The van der Waals surface area contributed by atoms with E-state index in [0.29, 0.717) is 25.3 Å². The molecule has 1 saturated heterocycles. The molecule has 7 heteroatoms. The number of nitrogens with one attached hydrogen (secondary N) is 1. The second kappa shape index (κ2) is 5.42. The molecule has 0 radical (unpaired) electrons. The van der Waals surface area contributed by atoms with E-state index >= 15 is 0 Å². The van der Waals surface area contributed by atoms with Gasteiger partial charge in [-0.05, 0) is 19.1 Å². The summed E-state index contributed by atoms with van der Waals surface area (Å²) in [6.07, 6.45) is 0. The third-order valence-corrected chi connectivity index (χ3v) is 4.54. The Kier molecular flexibility index (Phi) is 4.05. The summed E-state index contributed by atoms with van der Waals surface area (Å²) in [5.41, 5.74) is 0.358. The van der Waals surface area contributed by atoms with E-state index in [9.17, 15) is 17.2 Å². The van der Waals surface area contributed by atoms with Crippen LogP contribution in [-0.2, 0) is 9.84 Å². The van der Waals surface area contributed by atoms with Gasteiger partial charge < -0.3 is 10.2 Å². The molecular formula is C12H16F2N2O2S. The van der Waals surface area contributed by atoms with Gasteiger partial charge in [-0.25, -0.2) is 8.42 Å². The first kappa shape index (κ1) is 14.2. The first-order valence-electron chi connectivity index (χ1n) is 6.02. The summed E-state index contributed by atoms with van der Waals surface area (Å²) in [5, 5.41) is 3.22. The van der Waals surface area contributed by atoms with Crippen LogP contribution >= 0.6 is 0 Å². The maximum absolute atomic E-state index is 12.7. The molecule has 0 saturated carbocycles. The van der Waals surface area contributed by atoms with Gasteiger partial charge in [0.2, 0.25) is 9.84 Å². The molecule has 1 atom stereocenters. The Morgan fingerprint density at radius 3 is 2.68 bits per heavy atom. The molecule has 1 heterocycles. The van der Waals surface area contributed by atoms with Crippen LogP contribution in [0.1, 0.15) is 6.92 Å². The van der Waals surface area contributed by atoms with Gasteiger partial charge >= 0.3 is 5.76 Å². The highest BCUT2D eigenvalue weighted by atomic mass is 32.2. The topological polar surface area (TPSA) is 49.4 Å². The van der Waals surface area contributed by atoms with Gasteiger partial charge in [0, 0.05) is 25.7 Å². The number of hydrogen-bond donors (Lipinski definition) is 1. The molecule has 19 heavy (non-hydrogen) atoms. The van der Waals surface area contributed by atoms with Gasteiger partial charge in [0.1, 0.15) is 0 Å². The third kappa shape index (κ3) is 2.87. The van der Waals surface area contributed by atoms with Crippen LogP contribution in [0.4, 0.5) is 14.5 Å². The van der Waals surface area contributed by atoms with E-state index in [-0.39, 0.29) is 10.9 Å². The zero-order valence-electron chi connectivity index (χ0n) is 10.5. The summed E-state index contributed by atoms with van der Waals surface area (Å²) in [7, 11) is -4.57. The Bertz CT molecular complexity index is 548. The van der Waals surface area contributed by atoms with E-state index in [1.165, 1.54) is 12.1 Å². The largest absolute Gasteiger partial charge is 0.368 e. The van der Waals surface area contributed by atoms with Crippen LogP contribution in [0.5, 0.6) is 0 Å². The predicted octanol–water partition coefficient (Wildman–Crippen LogP) is 1.48. The van der Waals surface area contributed by atoms with Crippen molar-refractivity contribution in [1.82, 2.24) is 5.32 Å². The summed E-state index contributed by atoms with van der Waals surface area (Å²) in [6, 6.07) is 6.13. The van der Waals surface area contributed by atoms with Gasteiger partial charge in [-0.3, -0.25) is 0 Å². The summed E-state index contributed by atoms with van der Waals surface area (Å²) >= 11 is 0. The lowest BCUT2D eigenvalue weighted by Gasteiger charge is -2.34. The second-order valence-electron chi connectivity index (χ2n) is 4.57. The minimum Gasteiger partial charge on any atom is -0.368 e. The highest BCUT2D eigenvalue weighted by Crippen LogP contribution is 2.29. The summed E-state index contributed by atoms with van der Waals surface area (Å²) in [4.78, 5) is 1.54. The highest BCUT2D eigenvalue weighted by Gasteiger charge is 2.31. The standard InChI is InChI=1S/C12H16F2N2O2S/c1-9-8-16(7-6-15-9)10-4-2-3-5-11(10)19(17,18)12(13)14/h2-5,9,12,15H,6-8H2,1H3/t9-/m0/s1. The van der Waals surface area contributed by atoms with Crippen molar-refractivity contribution in [3.63, 3.8) is 0 Å². The molecule has 0 aromatic heterocycles. The molecule has 0 aliphatic carbocycles. The lowest BCUT2D eigenvalue weighted by atomic mass is 10.2. The van der Waals surface area contributed by atoms with Crippen LogP contribution in [0, 0.1) is 0 Å². The number of halogens is 2. The summed E-state index contributed by atoms with van der Waals surface area (Å²) in [5.74, 6) is -3.39. The molecule has 1 fully saturated rings. The van der Waals surface area contributed by atoms with Crippen molar-refractivity contribution in [2.45, 2.75) is 23.6 Å². The van der Waals surface area contributed by atoms with E-state index in [2.05, 4.69) is 5.32 Å². The summed E-state index contributed by atoms with van der Waals surface area (Å²) in [6.45, 7) is 3.86. The van der Waals surface area contributed by atoms with Crippen LogP contribution in [0.15, 0.2) is 29.2 Å². The van der Waals surface area contributed by atoms with Crippen molar-refractivity contribution >= 4 is 15.5 Å². The Morgan fingerprint density at radius 1 is 1.37 bits per heavy atom. The van der Waals surface area contributed by atoms with Crippen LogP contribution in [0.2, 0.25) is 0 Å². The lowest BCUT2D eigenvalue weighted by Crippen LogP contribution is -2.49. The molecule has 106 valence electrons. The van der Waals surface area contributed by atoms with Crippen molar-refractivity contribution in [3.8, 4) is 0 Å². The number of piperazine rings is 1. The zero-order chi connectivity index (χ0) is 14.0. The van der Waals surface area contributed by atoms with E-state index in [1.807, 2.05) is 11.8 Å². The van der Waals surface area contributed by atoms with E-state index in [1.54, 1.807) is 12.1 Å². The zero-order valence-corrected chi connectivity index (χ0v) is 11.3. The normalized spacial score (nSPS) is 20.8. The first-order valence-corrected chi connectivity index (χ1v) is 7.57. The molecule has 2 rings (SSSR count). The molecule has 1 aliphatic heterocycles. The number of rotatable bonds is 3. The fourth-order valence-electron chi connectivity index (χ4n) is 2.21. The number of sulfone groups is 1. The minimum absolute atomic E-state index is 0.191. The fourth-order valence-corrected chi connectivity index (χ4v) is 3.15. The predicted molar refractivity (Wildman–Crippen MR) is 69.3 cm³/mol. The third-order valence-electron chi connectivity index (χ3n) is 3.12. The van der Waals surface area contributed by atoms with Crippen molar-refractivity contribution in [2.24, 2.45) is 0 Å². The van der Waals surface area contributed by atoms with Crippen LogP contribution in [0.3, 0.4) is 0 Å². The lowest BCUT2D eigenvalue weighted by molar-refractivity contribution is 0.234. The van der Waals surface area contributed by atoms with E-state index < -0.39 is 15.6 Å². The Morgan fingerprint density at radius 2 is 2.05 bits per heavy atom. The van der Waals surface area contributed by atoms with Crippen molar-refractivity contribution < 1.29 is 17.2 Å².